The Bertz CT molecular complexity index is 1070. The highest BCUT2D eigenvalue weighted by Crippen LogP contribution is 2.26. The molecule has 1 saturated heterocycles. The van der Waals surface area contributed by atoms with Gasteiger partial charge in [-0.1, -0.05) is 23.4 Å². The third-order valence-corrected chi connectivity index (χ3v) is 5.45. The summed E-state index contributed by atoms with van der Waals surface area (Å²) in [5.74, 6) is 0.662. The van der Waals surface area contributed by atoms with Gasteiger partial charge in [0, 0.05) is 24.3 Å². The van der Waals surface area contributed by atoms with Crippen LogP contribution in [0.3, 0.4) is 0 Å². The molecule has 1 atom stereocenters. The fourth-order valence-electron chi connectivity index (χ4n) is 3.93. The minimum absolute atomic E-state index is 0.0542. The van der Waals surface area contributed by atoms with Crippen molar-refractivity contribution in [2.45, 2.75) is 39.8 Å². The first-order chi connectivity index (χ1) is 14.9. The fraction of sp³-hybridized carbons (Fsp3) is 0.409. The van der Waals surface area contributed by atoms with Crippen molar-refractivity contribution in [2.75, 3.05) is 19.6 Å². The van der Waals surface area contributed by atoms with Gasteiger partial charge in [0.1, 0.15) is 12.6 Å². The van der Waals surface area contributed by atoms with Crippen LogP contribution in [0.4, 0.5) is 0 Å². The van der Waals surface area contributed by atoms with E-state index in [0.717, 1.165) is 11.4 Å². The summed E-state index contributed by atoms with van der Waals surface area (Å²) in [7, 11) is 0. The summed E-state index contributed by atoms with van der Waals surface area (Å²) in [5.41, 5.74) is 2.40. The summed E-state index contributed by atoms with van der Waals surface area (Å²) in [6.07, 6.45) is 0.658. The Labute approximate surface area is 180 Å². The standard InChI is InChI=1S/C22H26N6O3/c1-15-12-16(2)28(24-15)14-20(29)26-10-7-11-27(22(30)18-8-5-4-6-9-18)19(13-26)21-23-17(3)25-31-21/h4-6,8-9,12,19H,7,10-11,13-14H2,1-3H3. The molecule has 1 aliphatic heterocycles. The molecule has 0 spiro atoms. The average molecular weight is 422 g/mol. The zero-order valence-electron chi connectivity index (χ0n) is 18.0. The lowest BCUT2D eigenvalue weighted by Gasteiger charge is -2.29. The highest BCUT2D eigenvalue weighted by molar-refractivity contribution is 5.94. The van der Waals surface area contributed by atoms with Gasteiger partial charge in [-0.25, -0.2) is 0 Å². The van der Waals surface area contributed by atoms with E-state index in [-0.39, 0.29) is 18.4 Å². The minimum Gasteiger partial charge on any atom is -0.338 e. The second-order valence-corrected chi connectivity index (χ2v) is 7.84. The molecule has 31 heavy (non-hydrogen) atoms. The first-order valence-corrected chi connectivity index (χ1v) is 10.4. The van der Waals surface area contributed by atoms with E-state index in [4.69, 9.17) is 4.52 Å². The molecule has 3 heterocycles. The third-order valence-electron chi connectivity index (χ3n) is 5.45. The van der Waals surface area contributed by atoms with Crippen molar-refractivity contribution in [3.63, 3.8) is 0 Å². The van der Waals surface area contributed by atoms with Crippen LogP contribution in [0.1, 0.15) is 45.9 Å². The van der Waals surface area contributed by atoms with Gasteiger partial charge >= 0.3 is 0 Å². The van der Waals surface area contributed by atoms with E-state index >= 15 is 0 Å². The Morgan fingerprint density at radius 2 is 1.90 bits per heavy atom. The lowest BCUT2D eigenvalue weighted by Crippen LogP contribution is -2.41. The third kappa shape index (κ3) is 4.50. The van der Waals surface area contributed by atoms with Gasteiger partial charge in [0.25, 0.3) is 11.8 Å². The topological polar surface area (TPSA) is 97.4 Å². The SMILES string of the molecule is Cc1cc(C)n(CC(=O)N2CCCN(C(=O)c3ccccc3)C(c3nc(C)no3)C2)n1. The highest BCUT2D eigenvalue weighted by atomic mass is 16.5. The molecule has 1 fully saturated rings. The molecule has 9 nitrogen and oxygen atoms in total. The van der Waals surface area contributed by atoms with E-state index in [1.165, 1.54) is 0 Å². The molecule has 2 aromatic heterocycles. The maximum atomic E-state index is 13.3. The molecule has 1 unspecified atom stereocenters. The number of rotatable bonds is 4. The van der Waals surface area contributed by atoms with Crippen LogP contribution in [-0.2, 0) is 11.3 Å². The van der Waals surface area contributed by atoms with E-state index in [1.54, 1.807) is 33.5 Å². The lowest BCUT2D eigenvalue weighted by atomic mass is 10.1. The van der Waals surface area contributed by atoms with Crippen molar-refractivity contribution in [3.05, 3.63) is 65.1 Å². The summed E-state index contributed by atoms with van der Waals surface area (Å²) in [5, 5.41) is 8.29. The molecule has 162 valence electrons. The number of aromatic nitrogens is 4. The van der Waals surface area contributed by atoms with E-state index in [0.29, 0.717) is 43.3 Å². The molecule has 0 N–H and O–H groups in total. The minimum atomic E-state index is -0.513. The first-order valence-electron chi connectivity index (χ1n) is 10.4. The quantitative estimate of drug-likeness (QED) is 0.640. The van der Waals surface area contributed by atoms with Crippen LogP contribution in [0.15, 0.2) is 40.9 Å². The Morgan fingerprint density at radius 1 is 1.13 bits per heavy atom. The van der Waals surface area contributed by atoms with Gasteiger partial charge in [-0.05, 0) is 45.4 Å². The molecular weight excluding hydrogens is 396 g/mol. The van der Waals surface area contributed by atoms with Crippen LogP contribution in [-0.4, -0.2) is 61.2 Å². The smallest absolute Gasteiger partial charge is 0.254 e. The van der Waals surface area contributed by atoms with Gasteiger partial charge in [0.15, 0.2) is 5.82 Å². The van der Waals surface area contributed by atoms with Crippen LogP contribution >= 0.6 is 0 Å². The van der Waals surface area contributed by atoms with E-state index in [2.05, 4.69) is 15.2 Å². The number of hydrogen-bond donors (Lipinski definition) is 0. The number of aryl methyl sites for hydroxylation is 3. The predicted octanol–water partition coefficient (Wildman–Crippen LogP) is 2.31. The molecule has 4 rings (SSSR count). The Morgan fingerprint density at radius 3 is 2.55 bits per heavy atom. The molecule has 9 heteroatoms. The number of benzene rings is 1. The first kappa shape index (κ1) is 20.8. The Balaban J connectivity index is 1.60. The molecular formula is C22H26N6O3. The van der Waals surface area contributed by atoms with Crippen molar-refractivity contribution >= 4 is 11.8 Å². The van der Waals surface area contributed by atoms with Gasteiger partial charge in [0.05, 0.1) is 12.2 Å². The molecule has 2 amide bonds. The molecule has 1 aromatic carbocycles. The maximum absolute atomic E-state index is 13.3. The number of carbonyl (C=O) groups excluding carboxylic acids is 2. The van der Waals surface area contributed by atoms with Crippen LogP contribution in [0, 0.1) is 20.8 Å². The second-order valence-electron chi connectivity index (χ2n) is 7.84. The highest BCUT2D eigenvalue weighted by Gasteiger charge is 2.35. The van der Waals surface area contributed by atoms with Crippen LogP contribution in [0.5, 0.6) is 0 Å². The zero-order valence-corrected chi connectivity index (χ0v) is 18.0. The number of nitrogens with zero attached hydrogens (tertiary/aromatic N) is 6. The van der Waals surface area contributed by atoms with E-state index in [9.17, 15) is 9.59 Å². The van der Waals surface area contributed by atoms with Crippen LogP contribution in [0.2, 0.25) is 0 Å². The summed E-state index contributed by atoms with van der Waals surface area (Å²) in [6.45, 7) is 7.05. The summed E-state index contributed by atoms with van der Waals surface area (Å²) in [4.78, 5) is 34.3. The molecule has 0 aliphatic carbocycles. The zero-order chi connectivity index (χ0) is 22.0. The number of carbonyl (C=O) groups is 2. The average Bonchev–Trinajstić information content (AvgIpc) is 3.24. The normalized spacial score (nSPS) is 16.9. The molecule has 0 bridgehead atoms. The summed E-state index contributed by atoms with van der Waals surface area (Å²) >= 11 is 0. The van der Waals surface area contributed by atoms with Crippen molar-refractivity contribution in [1.82, 2.24) is 29.7 Å². The monoisotopic (exact) mass is 422 g/mol. The van der Waals surface area contributed by atoms with Gasteiger partial charge in [-0.15, -0.1) is 0 Å². The van der Waals surface area contributed by atoms with Gasteiger partial charge in [0.2, 0.25) is 5.91 Å². The van der Waals surface area contributed by atoms with Gasteiger partial charge < -0.3 is 14.3 Å². The van der Waals surface area contributed by atoms with Gasteiger partial charge in [-0.3, -0.25) is 14.3 Å². The van der Waals surface area contributed by atoms with Crippen molar-refractivity contribution in [2.24, 2.45) is 0 Å². The summed E-state index contributed by atoms with van der Waals surface area (Å²) < 4.78 is 7.14. The van der Waals surface area contributed by atoms with Gasteiger partial charge in [-0.2, -0.15) is 10.1 Å². The maximum Gasteiger partial charge on any atom is 0.254 e. The van der Waals surface area contributed by atoms with E-state index in [1.807, 2.05) is 38.1 Å². The summed E-state index contributed by atoms with van der Waals surface area (Å²) in [6, 6.07) is 10.5. The largest absolute Gasteiger partial charge is 0.338 e. The van der Waals surface area contributed by atoms with Crippen molar-refractivity contribution < 1.29 is 14.1 Å². The molecule has 0 radical (unpaired) electrons. The Hall–Kier alpha value is -3.49. The van der Waals surface area contributed by atoms with E-state index < -0.39 is 6.04 Å². The number of hydrogen-bond acceptors (Lipinski definition) is 6. The van der Waals surface area contributed by atoms with Crippen molar-refractivity contribution in [1.29, 1.82) is 0 Å². The number of amides is 2. The molecule has 0 saturated carbocycles. The lowest BCUT2D eigenvalue weighted by molar-refractivity contribution is -0.132. The fourth-order valence-corrected chi connectivity index (χ4v) is 3.93. The second kappa shape index (κ2) is 8.71. The van der Waals surface area contributed by atoms with Crippen LogP contribution < -0.4 is 0 Å². The molecule has 1 aliphatic rings. The molecule has 3 aromatic rings. The van der Waals surface area contributed by atoms with Crippen LogP contribution in [0.25, 0.3) is 0 Å². The Kier molecular flexibility index (Phi) is 5.83. The predicted molar refractivity (Wildman–Crippen MR) is 112 cm³/mol. The van der Waals surface area contributed by atoms with Crippen molar-refractivity contribution in [3.8, 4) is 0 Å².